The van der Waals surface area contributed by atoms with Gasteiger partial charge in [0.15, 0.2) is 15.7 Å². The first-order valence-corrected chi connectivity index (χ1v) is 8.11. The quantitative estimate of drug-likeness (QED) is 0.850. The Labute approximate surface area is 112 Å². The highest BCUT2D eigenvalue weighted by molar-refractivity contribution is 7.91. The first-order valence-electron chi connectivity index (χ1n) is 6.29. The Morgan fingerprint density at radius 3 is 3.00 bits per heavy atom. The number of hydrogen-bond donors (Lipinski definition) is 0. The van der Waals surface area contributed by atoms with E-state index in [1.165, 1.54) is 0 Å². The summed E-state index contributed by atoms with van der Waals surface area (Å²) in [5.74, 6) is 1.53. The van der Waals surface area contributed by atoms with E-state index < -0.39 is 9.84 Å². The molecule has 1 fully saturated rings. The zero-order valence-electron chi connectivity index (χ0n) is 10.7. The molecule has 0 aromatic carbocycles. The van der Waals surface area contributed by atoms with Crippen LogP contribution in [0, 0.1) is 5.92 Å². The molecule has 0 amide bonds. The van der Waals surface area contributed by atoms with Crippen LogP contribution in [0.3, 0.4) is 0 Å². The van der Waals surface area contributed by atoms with E-state index in [2.05, 4.69) is 4.98 Å². The number of nitrogens with zero attached hydrogens (tertiary/aromatic N) is 2. The first kappa shape index (κ1) is 12.5. The normalized spacial score (nSPS) is 21.8. The summed E-state index contributed by atoms with van der Waals surface area (Å²) in [5.41, 5.74) is 1.75. The van der Waals surface area contributed by atoms with E-state index in [0.29, 0.717) is 12.2 Å². The zero-order valence-corrected chi connectivity index (χ0v) is 11.6. The van der Waals surface area contributed by atoms with Crippen LogP contribution in [0.15, 0.2) is 24.4 Å². The number of rotatable bonds is 3. The minimum Gasteiger partial charge on any atom is -0.482 e. The minimum absolute atomic E-state index is 0.195. The van der Waals surface area contributed by atoms with Gasteiger partial charge in [0.2, 0.25) is 0 Å². The smallest absolute Gasteiger partial charge is 0.198 e. The molecule has 2 aromatic rings. The third-order valence-corrected chi connectivity index (χ3v) is 5.38. The highest BCUT2D eigenvalue weighted by atomic mass is 32.2. The van der Waals surface area contributed by atoms with Crippen molar-refractivity contribution in [1.29, 1.82) is 0 Å². The van der Waals surface area contributed by atoms with E-state index >= 15 is 0 Å². The number of methoxy groups -OCH3 is 1. The second-order valence-electron chi connectivity index (χ2n) is 5.00. The lowest BCUT2D eigenvalue weighted by molar-refractivity contribution is 0.392. The van der Waals surface area contributed by atoms with Crippen molar-refractivity contribution in [3.8, 4) is 5.88 Å². The van der Waals surface area contributed by atoms with Gasteiger partial charge >= 0.3 is 0 Å². The van der Waals surface area contributed by atoms with Crippen molar-refractivity contribution in [2.45, 2.75) is 12.8 Å². The van der Waals surface area contributed by atoms with Crippen molar-refractivity contribution in [2.24, 2.45) is 5.92 Å². The number of aromatic nitrogens is 2. The average Bonchev–Trinajstić information content (AvgIpc) is 2.91. The number of sulfone groups is 1. The summed E-state index contributed by atoms with van der Waals surface area (Å²) in [6, 6.07) is 5.68. The van der Waals surface area contributed by atoms with Gasteiger partial charge in [0, 0.05) is 6.20 Å². The maximum atomic E-state index is 11.5. The van der Waals surface area contributed by atoms with Gasteiger partial charge < -0.3 is 4.74 Å². The van der Waals surface area contributed by atoms with Crippen LogP contribution in [0.4, 0.5) is 0 Å². The standard InChI is InChI=1S/C13H16N2O3S/c1-18-13-4-2-3-12-14-11(8-15(12)13)7-10-5-6-19(16,17)9-10/h2-4,8,10H,5-7,9H2,1H3. The highest BCUT2D eigenvalue weighted by Crippen LogP contribution is 2.23. The number of ether oxygens (including phenoxy) is 1. The maximum absolute atomic E-state index is 11.5. The second-order valence-corrected chi connectivity index (χ2v) is 7.23. The Morgan fingerprint density at radius 2 is 2.32 bits per heavy atom. The highest BCUT2D eigenvalue weighted by Gasteiger charge is 2.28. The molecule has 1 atom stereocenters. The Balaban J connectivity index is 1.86. The summed E-state index contributed by atoms with van der Waals surface area (Å²) in [5, 5.41) is 0. The van der Waals surface area contributed by atoms with Gasteiger partial charge in [-0.2, -0.15) is 0 Å². The third kappa shape index (κ3) is 2.45. The van der Waals surface area contributed by atoms with Crippen molar-refractivity contribution >= 4 is 15.5 Å². The van der Waals surface area contributed by atoms with E-state index in [4.69, 9.17) is 4.74 Å². The lowest BCUT2D eigenvalue weighted by Crippen LogP contribution is -2.07. The summed E-state index contributed by atoms with van der Waals surface area (Å²) < 4.78 is 30.1. The van der Waals surface area contributed by atoms with Crippen LogP contribution in [-0.2, 0) is 16.3 Å². The molecule has 2 aromatic heterocycles. The Hall–Kier alpha value is -1.56. The van der Waals surface area contributed by atoms with E-state index in [1.807, 2.05) is 28.8 Å². The molecule has 5 nitrogen and oxygen atoms in total. The second kappa shape index (κ2) is 4.52. The van der Waals surface area contributed by atoms with E-state index in [0.717, 1.165) is 23.6 Å². The first-order chi connectivity index (χ1) is 9.07. The lowest BCUT2D eigenvalue weighted by atomic mass is 10.0. The SMILES string of the molecule is COc1cccc2nc(CC3CCS(=O)(=O)C3)cn12. The summed E-state index contributed by atoms with van der Waals surface area (Å²) in [6.07, 6.45) is 3.39. The van der Waals surface area contributed by atoms with Gasteiger partial charge in [-0.15, -0.1) is 0 Å². The summed E-state index contributed by atoms with van der Waals surface area (Å²) in [6.45, 7) is 0. The van der Waals surface area contributed by atoms with E-state index in [1.54, 1.807) is 7.11 Å². The minimum atomic E-state index is -2.82. The number of hydrogen-bond acceptors (Lipinski definition) is 4. The van der Waals surface area contributed by atoms with Crippen LogP contribution in [0.25, 0.3) is 5.65 Å². The predicted octanol–water partition coefficient (Wildman–Crippen LogP) is 1.32. The van der Waals surface area contributed by atoms with Crippen molar-refractivity contribution in [3.63, 3.8) is 0 Å². The molecule has 1 unspecified atom stereocenters. The summed E-state index contributed by atoms with van der Waals surface area (Å²) in [4.78, 5) is 4.52. The molecule has 6 heteroatoms. The fourth-order valence-corrected chi connectivity index (χ4v) is 4.49. The number of fused-ring (bicyclic) bond motifs is 1. The topological polar surface area (TPSA) is 60.7 Å². The van der Waals surface area contributed by atoms with Crippen molar-refractivity contribution in [3.05, 3.63) is 30.1 Å². The molecular weight excluding hydrogens is 264 g/mol. The van der Waals surface area contributed by atoms with Crippen LogP contribution in [0.2, 0.25) is 0 Å². The largest absolute Gasteiger partial charge is 0.482 e. The molecular formula is C13H16N2O3S. The molecule has 1 aliphatic rings. The molecule has 0 saturated carbocycles. The van der Waals surface area contributed by atoms with Crippen LogP contribution in [0.5, 0.6) is 5.88 Å². The van der Waals surface area contributed by atoms with Gasteiger partial charge in [-0.25, -0.2) is 13.4 Å². The summed E-state index contributed by atoms with van der Waals surface area (Å²) >= 11 is 0. The van der Waals surface area contributed by atoms with Gasteiger partial charge in [0.25, 0.3) is 0 Å². The predicted molar refractivity (Wildman–Crippen MR) is 72.2 cm³/mol. The molecule has 102 valence electrons. The molecule has 0 spiro atoms. The molecule has 0 N–H and O–H groups in total. The molecule has 0 radical (unpaired) electrons. The van der Waals surface area contributed by atoms with E-state index in [9.17, 15) is 8.42 Å². The average molecular weight is 280 g/mol. The van der Waals surface area contributed by atoms with Crippen molar-refractivity contribution in [1.82, 2.24) is 9.38 Å². The van der Waals surface area contributed by atoms with Gasteiger partial charge in [-0.05, 0) is 30.9 Å². The lowest BCUT2D eigenvalue weighted by Gasteiger charge is -2.03. The molecule has 3 rings (SSSR count). The van der Waals surface area contributed by atoms with Gasteiger partial charge in [-0.3, -0.25) is 4.40 Å². The van der Waals surface area contributed by atoms with Gasteiger partial charge in [-0.1, -0.05) is 6.07 Å². The maximum Gasteiger partial charge on any atom is 0.198 e. The molecule has 1 aliphatic heterocycles. The fourth-order valence-electron chi connectivity index (χ4n) is 2.63. The van der Waals surface area contributed by atoms with Gasteiger partial charge in [0.1, 0.15) is 5.65 Å². The molecule has 3 heterocycles. The van der Waals surface area contributed by atoms with Crippen LogP contribution in [0.1, 0.15) is 12.1 Å². The Bertz CT molecular complexity index is 706. The monoisotopic (exact) mass is 280 g/mol. The third-order valence-electron chi connectivity index (χ3n) is 3.54. The van der Waals surface area contributed by atoms with Crippen molar-refractivity contribution in [2.75, 3.05) is 18.6 Å². The van der Waals surface area contributed by atoms with Crippen LogP contribution >= 0.6 is 0 Å². The van der Waals surface area contributed by atoms with Crippen LogP contribution in [-0.4, -0.2) is 36.4 Å². The number of imidazole rings is 1. The molecule has 0 bridgehead atoms. The summed E-state index contributed by atoms with van der Waals surface area (Å²) in [7, 11) is -1.19. The van der Waals surface area contributed by atoms with Gasteiger partial charge in [0.05, 0.1) is 24.3 Å². The molecule has 1 saturated heterocycles. The zero-order chi connectivity index (χ0) is 13.5. The van der Waals surface area contributed by atoms with E-state index in [-0.39, 0.29) is 11.7 Å². The van der Waals surface area contributed by atoms with Crippen LogP contribution < -0.4 is 4.74 Å². The molecule has 19 heavy (non-hydrogen) atoms. The number of pyridine rings is 1. The Kier molecular flexibility index (Phi) is 2.97. The molecule has 0 aliphatic carbocycles. The van der Waals surface area contributed by atoms with Crippen molar-refractivity contribution < 1.29 is 13.2 Å². The fraction of sp³-hybridized carbons (Fsp3) is 0.462. The Morgan fingerprint density at radius 1 is 1.47 bits per heavy atom.